The fourth-order valence-corrected chi connectivity index (χ4v) is 1.95. The van der Waals surface area contributed by atoms with Crippen LogP contribution in [-0.2, 0) is 0 Å². The Morgan fingerprint density at radius 2 is 1.32 bits per heavy atom. The standard InChI is InChI=1S/C16H17N3O2S/c1-20-13-7-3-11(4-8-13)15(18-19-16(17)22)12-5-9-14(21-2)10-6-12/h3-10H,1-2H3,(H3,17,19,22). The number of thiocarbonyl (C=S) groups is 1. The summed E-state index contributed by atoms with van der Waals surface area (Å²) in [7, 11) is 3.25. The van der Waals surface area contributed by atoms with Gasteiger partial charge in [0.1, 0.15) is 11.5 Å². The lowest BCUT2D eigenvalue weighted by Crippen LogP contribution is -2.26. The highest BCUT2D eigenvalue weighted by atomic mass is 32.1. The fraction of sp³-hybridized carbons (Fsp3) is 0.125. The molecule has 0 spiro atoms. The van der Waals surface area contributed by atoms with Gasteiger partial charge in [0.05, 0.1) is 19.9 Å². The molecule has 6 heteroatoms. The van der Waals surface area contributed by atoms with Gasteiger partial charge in [0.2, 0.25) is 0 Å². The summed E-state index contributed by atoms with van der Waals surface area (Å²) in [6.07, 6.45) is 0. The van der Waals surface area contributed by atoms with E-state index >= 15 is 0 Å². The number of hydrazone groups is 1. The second kappa shape index (κ2) is 7.42. The zero-order valence-corrected chi connectivity index (χ0v) is 13.2. The lowest BCUT2D eigenvalue weighted by Gasteiger charge is -2.09. The van der Waals surface area contributed by atoms with Crippen molar-refractivity contribution in [2.75, 3.05) is 14.2 Å². The van der Waals surface area contributed by atoms with Gasteiger partial charge in [-0.3, -0.25) is 5.43 Å². The molecular formula is C16H17N3O2S. The Morgan fingerprint density at radius 1 is 0.909 bits per heavy atom. The first-order valence-corrected chi connectivity index (χ1v) is 6.97. The van der Waals surface area contributed by atoms with E-state index in [0.717, 1.165) is 28.3 Å². The summed E-state index contributed by atoms with van der Waals surface area (Å²) in [4.78, 5) is 0. The van der Waals surface area contributed by atoms with E-state index in [1.54, 1.807) is 14.2 Å². The predicted octanol–water partition coefficient (Wildman–Crippen LogP) is 2.29. The third kappa shape index (κ3) is 3.95. The molecule has 2 aromatic carbocycles. The number of methoxy groups -OCH3 is 2. The van der Waals surface area contributed by atoms with Gasteiger partial charge in [-0.1, -0.05) is 0 Å². The predicted molar refractivity (Wildman–Crippen MR) is 91.5 cm³/mol. The van der Waals surface area contributed by atoms with Crippen LogP contribution in [-0.4, -0.2) is 25.0 Å². The molecule has 0 saturated heterocycles. The molecule has 5 nitrogen and oxygen atoms in total. The fourth-order valence-electron chi connectivity index (χ4n) is 1.90. The van der Waals surface area contributed by atoms with Crippen LogP contribution in [0, 0.1) is 0 Å². The van der Waals surface area contributed by atoms with Gasteiger partial charge in [-0.2, -0.15) is 5.10 Å². The van der Waals surface area contributed by atoms with Crippen molar-refractivity contribution in [1.29, 1.82) is 0 Å². The number of benzene rings is 2. The van der Waals surface area contributed by atoms with Gasteiger partial charge in [-0.25, -0.2) is 0 Å². The molecule has 0 atom stereocenters. The molecule has 0 saturated carbocycles. The highest BCUT2D eigenvalue weighted by Crippen LogP contribution is 2.18. The van der Waals surface area contributed by atoms with Crippen LogP contribution in [0.3, 0.4) is 0 Å². The lowest BCUT2D eigenvalue weighted by atomic mass is 10.0. The van der Waals surface area contributed by atoms with Gasteiger partial charge in [0.25, 0.3) is 0 Å². The maximum atomic E-state index is 5.46. The number of rotatable bonds is 5. The zero-order chi connectivity index (χ0) is 15.9. The average Bonchev–Trinajstić information content (AvgIpc) is 2.56. The molecule has 2 rings (SSSR count). The molecule has 0 bridgehead atoms. The van der Waals surface area contributed by atoms with E-state index in [9.17, 15) is 0 Å². The molecular weight excluding hydrogens is 298 g/mol. The van der Waals surface area contributed by atoms with E-state index < -0.39 is 0 Å². The number of nitrogens with one attached hydrogen (secondary N) is 1. The molecule has 0 fully saturated rings. The normalized spacial score (nSPS) is 9.73. The minimum absolute atomic E-state index is 0.111. The van der Waals surface area contributed by atoms with Crippen molar-refractivity contribution in [1.82, 2.24) is 5.43 Å². The molecule has 0 amide bonds. The zero-order valence-electron chi connectivity index (χ0n) is 12.4. The van der Waals surface area contributed by atoms with Crippen molar-refractivity contribution in [2.24, 2.45) is 10.8 Å². The number of nitrogens with two attached hydrogens (primary N) is 1. The molecule has 2 aromatic rings. The van der Waals surface area contributed by atoms with Crippen LogP contribution in [0.1, 0.15) is 11.1 Å². The van der Waals surface area contributed by atoms with Crippen LogP contribution in [0.2, 0.25) is 0 Å². The summed E-state index contributed by atoms with van der Waals surface area (Å²) in [5.41, 5.74) is 10.6. The van der Waals surface area contributed by atoms with E-state index in [4.69, 9.17) is 27.4 Å². The Hall–Kier alpha value is -2.60. The Bertz CT molecular complexity index is 617. The Labute approximate surface area is 134 Å². The lowest BCUT2D eigenvalue weighted by molar-refractivity contribution is 0.414. The summed E-state index contributed by atoms with van der Waals surface area (Å²) in [6.45, 7) is 0. The van der Waals surface area contributed by atoms with E-state index in [0.29, 0.717) is 0 Å². The second-order valence-electron chi connectivity index (χ2n) is 4.39. The summed E-state index contributed by atoms with van der Waals surface area (Å²) >= 11 is 4.81. The monoisotopic (exact) mass is 315 g/mol. The van der Waals surface area contributed by atoms with Gasteiger partial charge < -0.3 is 15.2 Å². The van der Waals surface area contributed by atoms with Gasteiger partial charge in [-0.05, 0) is 60.7 Å². The quantitative estimate of drug-likeness (QED) is 0.503. The molecule has 0 heterocycles. The molecule has 114 valence electrons. The largest absolute Gasteiger partial charge is 0.497 e. The minimum Gasteiger partial charge on any atom is -0.497 e. The van der Waals surface area contributed by atoms with Crippen molar-refractivity contribution in [3.63, 3.8) is 0 Å². The maximum Gasteiger partial charge on any atom is 0.184 e. The highest BCUT2D eigenvalue weighted by Gasteiger charge is 2.08. The summed E-state index contributed by atoms with van der Waals surface area (Å²) < 4.78 is 10.3. The third-order valence-corrected chi connectivity index (χ3v) is 3.10. The molecule has 22 heavy (non-hydrogen) atoms. The summed E-state index contributed by atoms with van der Waals surface area (Å²) in [5.74, 6) is 1.56. The van der Waals surface area contributed by atoms with Crippen LogP contribution in [0.4, 0.5) is 0 Å². The average molecular weight is 315 g/mol. The molecule has 0 aliphatic rings. The van der Waals surface area contributed by atoms with Crippen molar-refractivity contribution in [3.05, 3.63) is 59.7 Å². The van der Waals surface area contributed by atoms with E-state index in [1.165, 1.54) is 0 Å². The molecule has 0 unspecified atom stereocenters. The third-order valence-electron chi connectivity index (χ3n) is 3.00. The van der Waals surface area contributed by atoms with Crippen LogP contribution in [0.25, 0.3) is 0 Å². The van der Waals surface area contributed by atoms with E-state index in [2.05, 4.69) is 10.5 Å². The Kier molecular flexibility index (Phi) is 5.32. The van der Waals surface area contributed by atoms with Gasteiger partial charge in [-0.15, -0.1) is 0 Å². The van der Waals surface area contributed by atoms with Gasteiger partial charge in [0.15, 0.2) is 5.11 Å². The topological polar surface area (TPSA) is 68.9 Å². The molecule has 3 N–H and O–H groups in total. The van der Waals surface area contributed by atoms with Crippen molar-refractivity contribution < 1.29 is 9.47 Å². The van der Waals surface area contributed by atoms with Crippen LogP contribution in [0.5, 0.6) is 11.5 Å². The van der Waals surface area contributed by atoms with Gasteiger partial charge >= 0.3 is 0 Å². The summed E-state index contributed by atoms with van der Waals surface area (Å²) in [5, 5.41) is 4.40. The molecule has 0 radical (unpaired) electrons. The number of hydrogen-bond donors (Lipinski definition) is 2. The number of ether oxygens (including phenoxy) is 2. The van der Waals surface area contributed by atoms with Crippen LogP contribution >= 0.6 is 12.2 Å². The smallest absolute Gasteiger partial charge is 0.184 e. The maximum absolute atomic E-state index is 5.46. The SMILES string of the molecule is COc1ccc(C(=NNC(N)=S)c2ccc(OC)cc2)cc1. The first-order chi connectivity index (χ1) is 10.6. The second-order valence-corrected chi connectivity index (χ2v) is 4.83. The Morgan fingerprint density at radius 3 is 1.64 bits per heavy atom. The first kappa shape index (κ1) is 15.8. The molecule has 0 aliphatic heterocycles. The first-order valence-electron chi connectivity index (χ1n) is 6.56. The number of nitrogens with zero attached hydrogens (tertiary/aromatic N) is 1. The number of hydrogen-bond acceptors (Lipinski definition) is 4. The van der Waals surface area contributed by atoms with Crippen molar-refractivity contribution in [3.8, 4) is 11.5 Å². The van der Waals surface area contributed by atoms with Crippen molar-refractivity contribution in [2.45, 2.75) is 0 Å². The van der Waals surface area contributed by atoms with E-state index in [-0.39, 0.29) is 5.11 Å². The minimum atomic E-state index is 0.111. The molecule has 0 aromatic heterocycles. The van der Waals surface area contributed by atoms with Crippen LogP contribution in [0.15, 0.2) is 53.6 Å². The summed E-state index contributed by atoms with van der Waals surface area (Å²) in [6, 6.07) is 15.2. The Balaban J connectivity index is 2.40. The van der Waals surface area contributed by atoms with Crippen molar-refractivity contribution >= 4 is 23.0 Å². The van der Waals surface area contributed by atoms with E-state index in [1.807, 2.05) is 48.5 Å². The van der Waals surface area contributed by atoms with Gasteiger partial charge in [0, 0.05) is 11.1 Å². The molecule has 0 aliphatic carbocycles. The van der Waals surface area contributed by atoms with Crippen LogP contribution < -0.4 is 20.6 Å². The highest BCUT2D eigenvalue weighted by molar-refractivity contribution is 7.80.